The molecule has 2 rings (SSSR count). The van der Waals surface area contributed by atoms with E-state index in [0.717, 1.165) is 16.9 Å². The Bertz CT molecular complexity index is 525. The van der Waals surface area contributed by atoms with Gasteiger partial charge in [-0.1, -0.05) is 24.3 Å². The van der Waals surface area contributed by atoms with Gasteiger partial charge < -0.3 is 10.1 Å². The molecule has 100 valence electrons. The predicted octanol–water partition coefficient (Wildman–Crippen LogP) is 3.53. The maximum Gasteiger partial charge on any atom is 0.123 e. The van der Waals surface area contributed by atoms with Crippen LogP contribution in [0.25, 0.3) is 0 Å². The highest BCUT2D eigenvalue weighted by molar-refractivity contribution is 5.36. The molecule has 0 saturated carbocycles. The minimum atomic E-state index is -0.221. The number of nitrogens with one attached hydrogen (secondary N) is 1. The summed E-state index contributed by atoms with van der Waals surface area (Å²) in [5.74, 6) is 0.629. The maximum atomic E-state index is 13.0. The van der Waals surface area contributed by atoms with Gasteiger partial charge in [0.2, 0.25) is 0 Å². The van der Waals surface area contributed by atoms with E-state index in [0.29, 0.717) is 6.61 Å². The van der Waals surface area contributed by atoms with Crippen LogP contribution in [0.3, 0.4) is 0 Å². The van der Waals surface area contributed by atoms with Gasteiger partial charge in [0.15, 0.2) is 0 Å². The van der Waals surface area contributed by atoms with Crippen LogP contribution in [-0.2, 0) is 0 Å². The third-order valence-electron chi connectivity index (χ3n) is 2.99. The second-order valence-electron chi connectivity index (χ2n) is 4.28. The number of ether oxygens (including phenoxy) is 1. The van der Waals surface area contributed by atoms with Crippen LogP contribution in [0.2, 0.25) is 0 Å². The van der Waals surface area contributed by atoms with Gasteiger partial charge in [-0.15, -0.1) is 0 Å². The topological polar surface area (TPSA) is 21.3 Å². The molecule has 19 heavy (non-hydrogen) atoms. The van der Waals surface area contributed by atoms with Gasteiger partial charge in [-0.25, -0.2) is 4.39 Å². The van der Waals surface area contributed by atoms with E-state index in [-0.39, 0.29) is 11.9 Å². The molecule has 3 heteroatoms. The van der Waals surface area contributed by atoms with Crippen molar-refractivity contribution in [3.63, 3.8) is 0 Å². The molecule has 1 N–H and O–H groups in total. The molecule has 0 aliphatic rings. The van der Waals surface area contributed by atoms with Gasteiger partial charge in [0.1, 0.15) is 11.6 Å². The van der Waals surface area contributed by atoms with Crippen LogP contribution in [0.15, 0.2) is 48.5 Å². The number of rotatable bonds is 5. The molecule has 0 saturated heterocycles. The third kappa shape index (κ3) is 3.32. The highest BCUT2D eigenvalue weighted by atomic mass is 19.1. The standard InChI is InChI=1S/C16H18FNO/c1-3-19-15-6-4-5-13(11-15)16(18-2)12-7-9-14(17)10-8-12/h4-11,16,18H,3H2,1-2H3. The highest BCUT2D eigenvalue weighted by Crippen LogP contribution is 2.25. The molecule has 2 nitrogen and oxygen atoms in total. The average molecular weight is 259 g/mol. The monoisotopic (exact) mass is 259 g/mol. The minimum absolute atomic E-state index is 0.0287. The highest BCUT2D eigenvalue weighted by Gasteiger charge is 2.12. The summed E-state index contributed by atoms with van der Waals surface area (Å²) in [5, 5.41) is 3.25. The average Bonchev–Trinajstić information content (AvgIpc) is 2.43. The van der Waals surface area contributed by atoms with E-state index in [1.165, 1.54) is 12.1 Å². The molecular weight excluding hydrogens is 241 g/mol. The zero-order chi connectivity index (χ0) is 13.7. The fourth-order valence-corrected chi connectivity index (χ4v) is 2.13. The summed E-state index contributed by atoms with van der Waals surface area (Å²) in [6.45, 7) is 2.60. The molecule has 0 radical (unpaired) electrons. The molecule has 1 unspecified atom stereocenters. The van der Waals surface area contributed by atoms with Crippen molar-refractivity contribution in [2.45, 2.75) is 13.0 Å². The van der Waals surface area contributed by atoms with E-state index in [9.17, 15) is 4.39 Å². The summed E-state index contributed by atoms with van der Waals surface area (Å²) >= 11 is 0. The van der Waals surface area contributed by atoms with Crippen LogP contribution in [-0.4, -0.2) is 13.7 Å². The van der Waals surface area contributed by atoms with Crippen LogP contribution < -0.4 is 10.1 Å². The van der Waals surface area contributed by atoms with Crippen LogP contribution in [0.5, 0.6) is 5.75 Å². The summed E-state index contributed by atoms with van der Waals surface area (Å²) in [6, 6.07) is 14.5. The van der Waals surface area contributed by atoms with E-state index in [4.69, 9.17) is 4.74 Å². The molecular formula is C16H18FNO. The van der Waals surface area contributed by atoms with Gasteiger partial charge >= 0.3 is 0 Å². The molecule has 2 aromatic rings. The van der Waals surface area contributed by atoms with E-state index in [2.05, 4.69) is 5.32 Å². The molecule has 0 aliphatic carbocycles. The lowest BCUT2D eigenvalue weighted by atomic mass is 9.99. The molecule has 1 atom stereocenters. The largest absolute Gasteiger partial charge is 0.494 e. The summed E-state index contributed by atoms with van der Waals surface area (Å²) in [6.07, 6.45) is 0. The van der Waals surface area contributed by atoms with Crippen molar-refractivity contribution >= 4 is 0 Å². The van der Waals surface area contributed by atoms with Gasteiger partial charge in [0, 0.05) is 0 Å². The lowest BCUT2D eigenvalue weighted by molar-refractivity contribution is 0.339. The lowest BCUT2D eigenvalue weighted by Crippen LogP contribution is -2.17. The Hall–Kier alpha value is -1.87. The summed E-state index contributed by atoms with van der Waals surface area (Å²) < 4.78 is 18.5. The van der Waals surface area contributed by atoms with Gasteiger partial charge in [-0.05, 0) is 49.4 Å². The minimum Gasteiger partial charge on any atom is -0.494 e. The smallest absolute Gasteiger partial charge is 0.123 e. The summed E-state index contributed by atoms with van der Waals surface area (Å²) in [4.78, 5) is 0. The molecule has 0 fully saturated rings. The molecule has 0 aliphatic heterocycles. The molecule has 0 heterocycles. The maximum absolute atomic E-state index is 13.0. The zero-order valence-electron chi connectivity index (χ0n) is 11.2. The zero-order valence-corrected chi connectivity index (χ0v) is 11.2. The van der Waals surface area contributed by atoms with Crippen molar-refractivity contribution in [3.05, 3.63) is 65.5 Å². The second kappa shape index (κ2) is 6.34. The Balaban J connectivity index is 2.30. The first kappa shape index (κ1) is 13.6. The van der Waals surface area contributed by atoms with Gasteiger partial charge in [0.25, 0.3) is 0 Å². The van der Waals surface area contributed by atoms with Crippen molar-refractivity contribution in [3.8, 4) is 5.75 Å². The fourth-order valence-electron chi connectivity index (χ4n) is 2.13. The SMILES string of the molecule is CCOc1cccc(C(NC)c2ccc(F)cc2)c1. The summed E-state index contributed by atoms with van der Waals surface area (Å²) in [7, 11) is 1.89. The van der Waals surface area contributed by atoms with Crippen molar-refractivity contribution in [1.29, 1.82) is 0 Å². The van der Waals surface area contributed by atoms with Crippen LogP contribution in [0.1, 0.15) is 24.1 Å². The van der Waals surface area contributed by atoms with Crippen molar-refractivity contribution in [1.82, 2.24) is 5.32 Å². The Morgan fingerprint density at radius 1 is 1.11 bits per heavy atom. The Morgan fingerprint density at radius 2 is 1.84 bits per heavy atom. The first-order valence-electron chi connectivity index (χ1n) is 6.40. The second-order valence-corrected chi connectivity index (χ2v) is 4.28. The number of halogens is 1. The van der Waals surface area contributed by atoms with Crippen molar-refractivity contribution in [2.24, 2.45) is 0 Å². The van der Waals surface area contributed by atoms with E-state index < -0.39 is 0 Å². The number of benzene rings is 2. The van der Waals surface area contributed by atoms with E-state index in [1.807, 2.05) is 38.2 Å². The first-order chi connectivity index (χ1) is 9.24. The van der Waals surface area contributed by atoms with Crippen molar-refractivity contribution in [2.75, 3.05) is 13.7 Å². The predicted molar refractivity (Wildman–Crippen MR) is 74.9 cm³/mol. The normalized spacial score (nSPS) is 12.2. The molecule has 0 amide bonds. The molecule has 0 spiro atoms. The Labute approximate surface area is 113 Å². The van der Waals surface area contributed by atoms with Crippen molar-refractivity contribution < 1.29 is 9.13 Å². The summed E-state index contributed by atoms with van der Waals surface area (Å²) in [5.41, 5.74) is 2.12. The van der Waals surface area contributed by atoms with E-state index in [1.54, 1.807) is 12.1 Å². The van der Waals surface area contributed by atoms with Gasteiger partial charge in [0.05, 0.1) is 12.6 Å². The first-order valence-corrected chi connectivity index (χ1v) is 6.40. The fraction of sp³-hybridized carbons (Fsp3) is 0.250. The van der Waals surface area contributed by atoms with Gasteiger partial charge in [-0.2, -0.15) is 0 Å². The molecule has 0 bridgehead atoms. The Morgan fingerprint density at radius 3 is 2.47 bits per heavy atom. The van der Waals surface area contributed by atoms with Crippen LogP contribution in [0.4, 0.5) is 4.39 Å². The molecule has 0 aromatic heterocycles. The number of hydrogen-bond donors (Lipinski definition) is 1. The Kier molecular flexibility index (Phi) is 4.53. The lowest BCUT2D eigenvalue weighted by Gasteiger charge is -2.18. The quantitative estimate of drug-likeness (QED) is 0.887. The van der Waals surface area contributed by atoms with Crippen LogP contribution >= 0.6 is 0 Å². The number of hydrogen-bond acceptors (Lipinski definition) is 2. The third-order valence-corrected chi connectivity index (χ3v) is 2.99. The van der Waals surface area contributed by atoms with Gasteiger partial charge in [-0.3, -0.25) is 0 Å². The van der Waals surface area contributed by atoms with Crippen LogP contribution in [0, 0.1) is 5.82 Å². The van der Waals surface area contributed by atoms with E-state index >= 15 is 0 Å². The molecule has 2 aromatic carbocycles.